The second-order valence-electron chi connectivity index (χ2n) is 3.35. The summed E-state index contributed by atoms with van der Waals surface area (Å²) in [6, 6.07) is 0. The molecule has 0 fully saturated rings. The first kappa shape index (κ1) is 11.1. The van der Waals surface area contributed by atoms with Gasteiger partial charge >= 0.3 is 0 Å². The molecule has 3 nitrogen and oxygen atoms in total. The van der Waals surface area contributed by atoms with Crippen LogP contribution in [0.5, 0.6) is 0 Å². The van der Waals surface area contributed by atoms with Gasteiger partial charge < -0.3 is 10.1 Å². The van der Waals surface area contributed by atoms with Gasteiger partial charge in [0.1, 0.15) is 18.9 Å². The molecule has 0 bridgehead atoms. The fraction of sp³-hybridized carbons (Fsp3) is 0.667. The molecule has 1 heterocycles. The van der Waals surface area contributed by atoms with E-state index in [2.05, 4.69) is 5.32 Å². The lowest BCUT2D eigenvalue weighted by Gasteiger charge is -2.23. The highest BCUT2D eigenvalue weighted by Gasteiger charge is 2.36. The minimum absolute atomic E-state index is 0.104. The minimum atomic E-state index is -1.62. The lowest BCUT2D eigenvalue weighted by molar-refractivity contribution is -0.129. The van der Waals surface area contributed by atoms with Gasteiger partial charge in [0.05, 0.1) is 5.70 Å². The number of carbonyl (C=O) groups excluding carboxylic acids is 1. The molecule has 1 rings (SSSR count). The summed E-state index contributed by atoms with van der Waals surface area (Å²) in [4.78, 5) is 11.0. The molecule has 1 aliphatic heterocycles. The molecular weight excluding hydrogens is 192 g/mol. The smallest absolute Gasteiger partial charge is 0.250 e. The van der Waals surface area contributed by atoms with Crippen molar-refractivity contribution < 1.29 is 18.3 Å². The maximum Gasteiger partial charge on any atom is 0.250 e. The second kappa shape index (κ2) is 4.04. The molecule has 0 radical (unpaired) electrons. The highest BCUT2D eigenvalue weighted by Crippen LogP contribution is 2.28. The molecule has 80 valence electrons. The van der Waals surface area contributed by atoms with Gasteiger partial charge in [0.25, 0.3) is 0 Å². The van der Waals surface area contributed by atoms with Crippen LogP contribution in [-0.2, 0) is 9.53 Å². The molecule has 1 N–H and O–H groups in total. The third kappa shape index (κ3) is 1.92. The van der Waals surface area contributed by atoms with E-state index in [1.54, 1.807) is 6.92 Å². The predicted octanol–water partition coefficient (Wildman–Crippen LogP) is 1.45. The molecule has 1 atom stereocenters. The molecule has 0 spiro atoms. The first-order chi connectivity index (χ1) is 6.53. The molecule has 0 saturated heterocycles. The predicted molar refractivity (Wildman–Crippen MR) is 46.9 cm³/mol. The quantitative estimate of drug-likeness (QED) is 0.741. The fourth-order valence-corrected chi connectivity index (χ4v) is 1.21. The number of hydrogen-bond donors (Lipinski definition) is 1. The Bertz CT molecular complexity index is 278. The Morgan fingerprint density at radius 3 is 2.79 bits per heavy atom. The zero-order chi connectivity index (χ0) is 10.8. The molecule has 0 aromatic heterocycles. The number of nitrogens with one attached hydrogen (secondary N) is 1. The van der Waals surface area contributed by atoms with E-state index in [4.69, 9.17) is 4.74 Å². The van der Waals surface area contributed by atoms with Crippen molar-refractivity contribution in [2.75, 3.05) is 13.3 Å². The van der Waals surface area contributed by atoms with Gasteiger partial charge in [0, 0.05) is 0 Å². The van der Waals surface area contributed by atoms with Crippen molar-refractivity contribution in [3.05, 3.63) is 11.5 Å². The Morgan fingerprint density at radius 1 is 1.64 bits per heavy atom. The van der Waals surface area contributed by atoms with Crippen LogP contribution >= 0.6 is 0 Å². The van der Waals surface area contributed by atoms with Gasteiger partial charge in [-0.2, -0.15) is 0 Å². The largest absolute Gasteiger partial charge is 0.356 e. The summed E-state index contributed by atoms with van der Waals surface area (Å²) >= 11 is 0. The average molecular weight is 205 g/mol. The van der Waals surface area contributed by atoms with Gasteiger partial charge in [0.15, 0.2) is 5.83 Å². The standard InChI is InChI=1S/C9H13F2NO2/c1-3-6-8(11)9(2,5-10)14-4-7(13)12-6/h3-5H2,1-2H3,(H,12,13). The molecule has 0 aromatic carbocycles. The van der Waals surface area contributed by atoms with E-state index in [-0.39, 0.29) is 12.3 Å². The van der Waals surface area contributed by atoms with Gasteiger partial charge in [-0.25, -0.2) is 8.78 Å². The summed E-state index contributed by atoms with van der Waals surface area (Å²) in [6.07, 6.45) is 0.302. The van der Waals surface area contributed by atoms with Crippen molar-refractivity contribution in [3.8, 4) is 0 Å². The van der Waals surface area contributed by atoms with Crippen molar-refractivity contribution in [2.24, 2.45) is 0 Å². The summed E-state index contributed by atoms with van der Waals surface area (Å²) in [5.41, 5.74) is -1.52. The van der Waals surface area contributed by atoms with Crippen LogP contribution in [0.15, 0.2) is 11.5 Å². The number of carbonyl (C=O) groups is 1. The van der Waals surface area contributed by atoms with E-state index in [1.165, 1.54) is 6.92 Å². The number of rotatable bonds is 2. The Labute approximate surface area is 81.1 Å². The van der Waals surface area contributed by atoms with Crippen LogP contribution in [0.25, 0.3) is 0 Å². The first-order valence-electron chi connectivity index (χ1n) is 4.42. The van der Waals surface area contributed by atoms with Crippen LogP contribution in [-0.4, -0.2) is 24.8 Å². The fourth-order valence-electron chi connectivity index (χ4n) is 1.21. The van der Waals surface area contributed by atoms with Crippen LogP contribution < -0.4 is 5.32 Å². The van der Waals surface area contributed by atoms with Crippen molar-refractivity contribution >= 4 is 5.91 Å². The molecule has 5 heteroatoms. The van der Waals surface area contributed by atoms with Crippen LogP contribution in [0.4, 0.5) is 8.78 Å². The lowest BCUT2D eigenvalue weighted by atomic mass is 10.0. The summed E-state index contributed by atoms with van der Waals surface area (Å²) in [6.45, 7) is 1.66. The molecule has 0 aliphatic carbocycles. The highest BCUT2D eigenvalue weighted by atomic mass is 19.1. The van der Waals surface area contributed by atoms with E-state index in [9.17, 15) is 13.6 Å². The van der Waals surface area contributed by atoms with E-state index >= 15 is 0 Å². The van der Waals surface area contributed by atoms with Gasteiger partial charge in [-0.05, 0) is 13.3 Å². The number of ether oxygens (including phenoxy) is 1. The summed E-state index contributed by atoms with van der Waals surface area (Å²) in [5, 5.41) is 2.34. The zero-order valence-electron chi connectivity index (χ0n) is 8.19. The van der Waals surface area contributed by atoms with E-state index in [0.29, 0.717) is 6.42 Å². The number of halogens is 2. The van der Waals surface area contributed by atoms with Crippen molar-refractivity contribution in [1.82, 2.24) is 5.32 Å². The van der Waals surface area contributed by atoms with Crippen LogP contribution in [0.2, 0.25) is 0 Å². The lowest BCUT2D eigenvalue weighted by Crippen LogP contribution is -2.33. The van der Waals surface area contributed by atoms with Crippen LogP contribution in [0, 0.1) is 0 Å². The average Bonchev–Trinajstić information content (AvgIpc) is 2.30. The van der Waals surface area contributed by atoms with Gasteiger partial charge in [-0.15, -0.1) is 0 Å². The number of hydrogen-bond acceptors (Lipinski definition) is 2. The highest BCUT2D eigenvalue weighted by molar-refractivity contribution is 5.79. The SMILES string of the molecule is CCC1=C(F)C(C)(CF)OCC(=O)N1. The maximum atomic E-state index is 13.6. The Morgan fingerprint density at radius 2 is 2.29 bits per heavy atom. The monoisotopic (exact) mass is 205 g/mol. The van der Waals surface area contributed by atoms with Gasteiger partial charge in [-0.3, -0.25) is 4.79 Å². The molecule has 1 unspecified atom stereocenters. The Kier molecular flexibility index (Phi) is 3.21. The van der Waals surface area contributed by atoms with Crippen molar-refractivity contribution in [2.45, 2.75) is 25.9 Å². The Hall–Kier alpha value is -0.970. The molecule has 1 amide bonds. The molecule has 0 aromatic rings. The number of amides is 1. The zero-order valence-corrected chi connectivity index (χ0v) is 8.19. The second-order valence-corrected chi connectivity index (χ2v) is 3.35. The van der Waals surface area contributed by atoms with Crippen LogP contribution in [0.1, 0.15) is 20.3 Å². The number of allylic oxidation sites excluding steroid dienone is 1. The van der Waals surface area contributed by atoms with E-state index in [0.717, 1.165) is 0 Å². The van der Waals surface area contributed by atoms with Crippen LogP contribution in [0.3, 0.4) is 0 Å². The molecule has 14 heavy (non-hydrogen) atoms. The number of alkyl halides is 1. The summed E-state index contributed by atoms with van der Waals surface area (Å²) in [5.74, 6) is -1.18. The van der Waals surface area contributed by atoms with Gasteiger partial charge in [0.2, 0.25) is 5.91 Å². The van der Waals surface area contributed by atoms with Crippen molar-refractivity contribution in [3.63, 3.8) is 0 Å². The summed E-state index contributed by atoms with van der Waals surface area (Å²) < 4.78 is 31.1. The third-order valence-corrected chi connectivity index (χ3v) is 2.15. The van der Waals surface area contributed by atoms with E-state index < -0.39 is 24.0 Å². The summed E-state index contributed by atoms with van der Waals surface area (Å²) in [7, 11) is 0. The molecule has 0 saturated carbocycles. The first-order valence-corrected chi connectivity index (χ1v) is 4.42. The van der Waals surface area contributed by atoms with Gasteiger partial charge in [-0.1, -0.05) is 6.92 Å². The third-order valence-electron chi connectivity index (χ3n) is 2.15. The normalized spacial score (nSPS) is 28.7. The Balaban J connectivity index is 3.05. The minimum Gasteiger partial charge on any atom is -0.356 e. The topological polar surface area (TPSA) is 38.3 Å². The molecule has 1 aliphatic rings. The molecular formula is C9H13F2NO2. The van der Waals surface area contributed by atoms with Crippen molar-refractivity contribution in [1.29, 1.82) is 0 Å². The maximum absolute atomic E-state index is 13.6. The van der Waals surface area contributed by atoms with E-state index in [1.807, 2.05) is 0 Å².